The SMILES string of the molecule is Cc1c(CCC(=O)N(C)C2CCN(CC(F)(F)F)CC2)cnn1C. The minimum absolute atomic E-state index is 0.0250. The standard InChI is InChI=1S/C16H25F3N4O/c1-12-13(10-20-22(12)3)4-5-15(24)21(2)14-6-8-23(9-7-14)11-16(17,18)19/h10,14H,4-9,11H2,1-3H3. The van der Waals surface area contributed by atoms with Gasteiger partial charge in [0, 0.05) is 45.3 Å². The van der Waals surface area contributed by atoms with Crippen molar-refractivity contribution < 1.29 is 18.0 Å². The van der Waals surface area contributed by atoms with Crippen molar-refractivity contribution in [1.29, 1.82) is 0 Å². The molecule has 8 heteroatoms. The van der Waals surface area contributed by atoms with Crippen LogP contribution in [0.15, 0.2) is 6.20 Å². The van der Waals surface area contributed by atoms with E-state index in [4.69, 9.17) is 0 Å². The third-order valence-corrected chi connectivity index (χ3v) is 4.85. The average molecular weight is 346 g/mol. The highest BCUT2D eigenvalue weighted by Crippen LogP contribution is 2.22. The van der Waals surface area contributed by atoms with Crippen molar-refractivity contribution in [2.45, 2.75) is 44.8 Å². The largest absolute Gasteiger partial charge is 0.401 e. The predicted octanol–water partition coefficient (Wildman–Crippen LogP) is 2.15. The first-order chi connectivity index (χ1) is 11.2. The van der Waals surface area contributed by atoms with Gasteiger partial charge in [0.1, 0.15) is 0 Å². The van der Waals surface area contributed by atoms with Crippen molar-refractivity contribution in [3.63, 3.8) is 0 Å². The molecular formula is C16H25F3N4O. The summed E-state index contributed by atoms with van der Waals surface area (Å²) in [6.45, 7) is 1.86. The highest BCUT2D eigenvalue weighted by Gasteiger charge is 2.33. The molecule has 2 rings (SSSR count). The molecule has 5 nitrogen and oxygen atoms in total. The van der Waals surface area contributed by atoms with Gasteiger partial charge in [0.25, 0.3) is 0 Å². The molecule has 24 heavy (non-hydrogen) atoms. The Kier molecular flexibility index (Phi) is 5.90. The van der Waals surface area contributed by atoms with Crippen molar-refractivity contribution in [3.05, 3.63) is 17.5 Å². The molecule has 1 aromatic rings. The van der Waals surface area contributed by atoms with Crippen molar-refractivity contribution in [2.75, 3.05) is 26.7 Å². The maximum Gasteiger partial charge on any atom is 0.401 e. The number of aryl methyl sites for hydroxylation is 2. The Hall–Kier alpha value is -1.57. The number of nitrogens with zero attached hydrogens (tertiary/aromatic N) is 4. The van der Waals surface area contributed by atoms with E-state index in [-0.39, 0.29) is 11.9 Å². The second-order valence-corrected chi connectivity index (χ2v) is 6.51. The molecule has 0 bridgehead atoms. The number of likely N-dealkylation sites (tertiary alicyclic amines) is 1. The summed E-state index contributed by atoms with van der Waals surface area (Å²) in [6.07, 6.45) is -0.176. The highest BCUT2D eigenvalue weighted by atomic mass is 19.4. The molecule has 1 aromatic heterocycles. The maximum absolute atomic E-state index is 12.4. The van der Waals surface area contributed by atoms with Crippen LogP contribution < -0.4 is 0 Å². The Morgan fingerprint density at radius 2 is 2.00 bits per heavy atom. The van der Waals surface area contributed by atoms with Gasteiger partial charge in [-0.3, -0.25) is 14.4 Å². The van der Waals surface area contributed by atoms with E-state index in [0.29, 0.717) is 38.8 Å². The van der Waals surface area contributed by atoms with Gasteiger partial charge in [-0.1, -0.05) is 0 Å². The van der Waals surface area contributed by atoms with Crippen LogP contribution in [-0.2, 0) is 18.3 Å². The Balaban J connectivity index is 1.78. The summed E-state index contributed by atoms with van der Waals surface area (Å²) in [6, 6.07) is 0.0250. The van der Waals surface area contributed by atoms with Gasteiger partial charge in [0.2, 0.25) is 5.91 Å². The molecule has 1 saturated heterocycles. The van der Waals surface area contributed by atoms with Gasteiger partial charge in [-0.25, -0.2) is 0 Å². The van der Waals surface area contributed by atoms with Crippen LogP contribution in [0.3, 0.4) is 0 Å². The van der Waals surface area contributed by atoms with E-state index < -0.39 is 12.7 Å². The molecule has 0 spiro atoms. The van der Waals surface area contributed by atoms with Crippen LogP contribution in [0.4, 0.5) is 13.2 Å². The topological polar surface area (TPSA) is 41.4 Å². The fourth-order valence-corrected chi connectivity index (χ4v) is 3.13. The molecule has 1 fully saturated rings. The van der Waals surface area contributed by atoms with Crippen LogP contribution in [0, 0.1) is 6.92 Å². The number of piperidine rings is 1. The Morgan fingerprint density at radius 1 is 1.38 bits per heavy atom. The number of alkyl halides is 3. The summed E-state index contributed by atoms with van der Waals surface area (Å²) in [5.41, 5.74) is 2.10. The Morgan fingerprint density at radius 3 is 2.50 bits per heavy atom. The molecule has 1 aliphatic rings. The summed E-state index contributed by atoms with van der Waals surface area (Å²) in [4.78, 5) is 15.5. The quantitative estimate of drug-likeness (QED) is 0.820. The number of rotatable bonds is 5. The predicted molar refractivity (Wildman–Crippen MR) is 84.6 cm³/mol. The van der Waals surface area contributed by atoms with Crippen LogP contribution >= 0.6 is 0 Å². The van der Waals surface area contributed by atoms with E-state index in [1.807, 2.05) is 14.0 Å². The minimum Gasteiger partial charge on any atom is -0.343 e. The molecule has 0 radical (unpaired) electrons. The maximum atomic E-state index is 12.4. The van der Waals surface area contributed by atoms with E-state index in [1.165, 1.54) is 4.90 Å². The monoisotopic (exact) mass is 346 g/mol. The summed E-state index contributed by atoms with van der Waals surface area (Å²) in [5, 5.41) is 4.16. The Bertz CT molecular complexity index is 562. The van der Waals surface area contributed by atoms with Gasteiger partial charge in [0.15, 0.2) is 0 Å². The lowest BCUT2D eigenvalue weighted by atomic mass is 10.0. The van der Waals surface area contributed by atoms with Gasteiger partial charge in [0.05, 0.1) is 12.7 Å². The van der Waals surface area contributed by atoms with Crippen LogP contribution in [0.5, 0.6) is 0 Å². The fraction of sp³-hybridized carbons (Fsp3) is 0.750. The van der Waals surface area contributed by atoms with E-state index in [0.717, 1.165) is 11.3 Å². The fourth-order valence-electron chi connectivity index (χ4n) is 3.13. The summed E-state index contributed by atoms with van der Waals surface area (Å²) in [7, 11) is 3.62. The van der Waals surface area contributed by atoms with Gasteiger partial charge in [-0.2, -0.15) is 18.3 Å². The lowest BCUT2D eigenvalue weighted by Crippen LogP contribution is -2.47. The van der Waals surface area contributed by atoms with Gasteiger partial charge in [-0.05, 0) is 31.7 Å². The van der Waals surface area contributed by atoms with E-state index in [9.17, 15) is 18.0 Å². The molecule has 136 valence electrons. The number of carbonyl (C=O) groups is 1. The molecule has 0 atom stereocenters. The van der Waals surface area contributed by atoms with Crippen LogP contribution in [-0.4, -0.2) is 64.4 Å². The molecule has 0 unspecified atom stereocenters. The van der Waals surface area contributed by atoms with E-state index in [1.54, 1.807) is 22.8 Å². The normalized spacial score (nSPS) is 17.2. The third kappa shape index (κ3) is 4.96. The van der Waals surface area contributed by atoms with Crippen LogP contribution in [0.1, 0.15) is 30.5 Å². The summed E-state index contributed by atoms with van der Waals surface area (Å²) in [5.74, 6) is 0.0347. The lowest BCUT2D eigenvalue weighted by Gasteiger charge is -2.37. The second-order valence-electron chi connectivity index (χ2n) is 6.51. The first kappa shape index (κ1) is 18.8. The zero-order chi connectivity index (χ0) is 17.9. The first-order valence-electron chi connectivity index (χ1n) is 8.19. The average Bonchev–Trinajstić information content (AvgIpc) is 2.83. The number of carbonyl (C=O) groups excluding carboxylic acids is 1. The molecule has 0 saturated carbocycles. The molecule has 0 N–H and O–H groups in total. The molecule has 1 aliphatic heterocycles. The molecule has 1 amide bonds. The number of aromatic nitrogens is 2. The van der Waals surface area contributed by atoms with Crippen LogP contribution in [0.2, 0.25) is 0 Å². The lowest BCUT2D eigenvalue weighted by molar-refractivity contribution is -0.150. The number of hydrogen-bond donors (Lipinski definition) is 0. The number of hydrogen-bond acceptors (Lipinski definition) is 3. The van der Waals surface area contributed by atoms with Crippen molar-refractivity contribution in [1.82, 2.24) is 19.6 Å². The van der Waals surface area contributed by atoms with E-state index in [2.05, 4.69) is 5.10 Å². The summed E-state index contributed by atoms with van der Waals surface area (Å²) >= 11 is 0. The minimum atomic E-state index is -4.16. The van der Waals surface area contributed by atoms with E-state index >= 15 is 0 Å². The molecule has 0 aromatic carbocycles. The smallest absolute Gasteiger partial charge is 0.343 e. The van der Waals surface area contributed by atoms with Crippen molar-refractivity contribution in [2.24, 2.45) is 7.05 Å². The van der Waals surface area contributed by atoms with Gasteiger partial charge >= 0.3 is 6.18 Å². The molecular weight excluding hydrogens is 321 g/mol. The highest BCUT2D eigenvalue weighted by molar-refractivity contribution is 5.76. The van der Waals surface area contributed by atoms with Gasteiger partial charge < -0.3 is 4.90 Å². The zero-order valence-corrected chi connectivity index (χ0v) is 14.4. The number of amides is 1. The molecule has 0 aliphatic carbocycles. The Labute approximate surface area is 140 Å². The zero-order valence-electron chi connectivity index (χ0n) is 14.4. The third-order valence-electron chi connectivity index (χ3n) is 4.85. The van der Waals surface area contributed by atoms with Crippen molar-refractivity contribution >= 4 is 5.91 Å². The first-order valence-corrected chi connectivity index (χ1v) is 8.19. The van der Waals surface area contributed by atoms with Gasteiger partial charge in [-0.15, -0.1) is 0 Å². The second kappa shape index (κ2) is 7.55. The van der Waals surface area contributed by atoms with Crippen molar-refractivity contribution in [3.8, 4) is 0 Å². The summed E-state index contributed by atoms with van der Waals surface area (Å²) < 4.78 is 39.0. The molecule has 2 heterocycles. The van der Waals surface area contributed by atoms with Crippen LogP contribution in [0.25, 0.3) is 0 Å². The number of halogens is 3.